The first kappa shape index (κ1) is 21.8. The Bertz CT molecular complexity index is 1090. The molecule has 0 radical (unpaired) electrons. The molecule has 0 unspecified atom stereocenters. The Labute approximate surface area is 169 Å². The quantitative estimate of drug-likeness (QED) is 0.629. The highest BCUT2D eigenvalue weighted by atomic mass is 35.5. The van der Waals surface area contributed by atoms with Gasteiger partial charge in [0, 0.05) is 42.3 Å². The molecule has 0 saturated heterocycles. The maximum atomic E-state index is 12.8. The van der Waals surface area contributed by atoms with Crippen LogP contribution in [0.1, 0.15) is 30.7 Å². The molecule has 0 aliphatic rings. The molecule has 3 heterocycles. The van der Waals surface area contributed by atoms with Crippen LogP contribution in [-0.2, 0) is 16.4 Å². The van der Waals surface area contributed by atoms with Gasteiger partial charge in [-0.3, -0.25) is 14.9 Å². The molecule has 8 nitrogen and oxygen atoms in total. The number of nitrogens with zero attached hydrogens (tertiary/aromatic N) is 3. The van der Waals surface area contributed by atoms with Crippen molar-refractivity contribution in [3.05, 3.63) is 70.0 Å². The standard InChI is InChI=1S/C18H21N5O3S.ClH/c1-12(2)22-27(25,26)15-6-7-17(20-11-15)23-18(24)16(13(3)21-23)9-14-5-4-8-19-10-14;/h4-8,10-12,21-22H,9H2,1-3H3;1H. The van der Waals surface area contributed by atoms with Crippen molar-refractivity contribution in [2.24, 2.45) is 0 Å². The molecule has 0 aliphatic heterocycles. The third-order valence-electron chi connectivity index (χ3n) is 3.95. The Kier molecular flexibility index (Phi) is 6.76. The zero-order valence-electron chi connectivity index (χ0n) is 15.7. The van der Waals surface area contributed by atoms with E-state index in [1.807, 2.05) is 19.1 Å². The Morgan fingerprint density at radius 1 is 1.21 bits per heavy atom. The topological polar surface area (TPSA) is 110 Å². The van der Waals surface area contributed by atoms with Crippen LogP contribution in [0.5, 0.6) is 0 Å². The molecule has 28 heavy (non-hydrogen) atoms. The number of halogens is 1. The second-order valence-electron chi connectivity index (χ2n) is 6.52. The van der Waals surface area contributed by atoms with Gasteiger partial charge in [0.1, 0.15) is 4.90 Å². The first-order chi connectivity index (χ1) is 12.8. The number of pyridine rings is 2. The molecule has 3 aromatic rings. The van der Waals surface area contributed by atoms with Crippen molar-refractivity contribution in [1.82, 2.24) is 24.5 Å². The van der Waals surface area contributed by atoms with Crippen molar-refractivity contribution in [3.63, 3.8) is 0 Å². The molecule has 3 rings (SSSR count). The van der Waals surface area contributed by atoms with Crippen LogP contribution in [0.3, 0.4) is 0 Å². The maximum absolute atomic E-state index is 12.8. The fraction of sp³-hybridized carbons (Fsp3) is 0.278. The summed E-state index contributed by atoms with van der Waals surface area (Å²) in [4.78, 5) is 21.0. The smallest absolute Gasteiger partial charge is 0.276 e. The summed E-state index contributed by atoms with van der Waals surface area (Å²) < 4.78 is 28.2. The van der Waals surface area contributed by atoms with Crippen LogP contribution in [0.15, 0.2) is 52.5 Å². The van der Waals surface area contributed by atoms with E-state index in [9.17, 15) is 13.2 Å². The molecule has 0 fully saturated rings. The van der Waals surface area contributed by atoms with Gasteiger partial charge in [0.05, 0.1) is 0 Å². The third-order valence-corrected chi connectivity index (χ3v) is 5.59. The predicted octanol–water partition coefficient (Wildman–Crippen LogP) is 1.96. The van der Waals surface area contributed by atoms with E-state index in [4.69, 9.17) is 0 Å². The van der Waals surface area contributed by atoms with Gasteiger partial charge in [-0.1, -0.05) is 6.07 Å². The number of nitrogens with one attached hydrogen (secondary N) is 2. The number of hydrogen-bond acceptors (Lipinski definition) is 5. The van der Waals surface area contributed by atoms with Crippen LogP contribution in [0.25, 0.3) is 5.82 Å². The first-order valence-corrected chi connectivity index (χ1v) is 9.94. The van der Waals surface area contributed by atoms with Gasteiger partial charge < -0.3 is 0 Å². The highest BCUT2D eigenvalue weighted by molar-refractivity contribution is 7.89. The fourth-order valence-corrected chi connectivity index (χ4v) is 3.90. The zero-order valence-corrected chi connectivity index (χ0v) is 17.3. The van der Waals surface area contributed by atoms with Gasteiger partial charge >= 0.3 is 0 Å². The van der Waals surface area contributed by atoms with E-state index in [0.717, 1.165) is 11.3 Å². The average molecular weight is 424 g/mol. The molecular weight excluding hydrogens is 402 g/mol. The van der Waals surface area contributed by atoms with Crippen LogP contribution in [0, 0.1) is 6.92 Å². The van der Waals surface area contributed by atoms with E-state index in [-0.39, 0.29) is 28.9 Å². The van der Waals surface area contributed by atoms with Gasteiger partial charge in [-0.25, -0.2) is 22.8 Å². The monoisotopic (exact) mass is 423 g/mol. The predicted molar refractivity (Wildman–Crippen MR) is 109 cm³/mol. The molecule has 3 aromatic heterocycles. The minimum atomic E-state index is -3.63. The molecule has 0 aromatic carbocycles. The molecule has 0 aliphatic carbocycles. The highest BCUT2D eigenvalue weighted by Gasteiger charge is 2.17. The lowest BCUT2D eigenvalue weighted by molar-refractivity contribution is 0.569. The minimum Gasteiger partial charge on any atom is -0.294 e. The largest absolute Gasteiger partial charge is 0.294 e. The molecule has 0 atom stereocenters. The summed E-state index contributed by atoms with van der Waals surface area (Å²) in [7, 11) is -3.63. The van der Waals surface area contributed by atoms with E-state index in [0.29, 0.717) is 17.8 Å². The van der Waals surface area contributed by atoms with Crippen molar-refractivity contribution in [3.8, 4) is 5.82 Å². The molecule has 0 amide bonds. The number of hydrogen-bond donors (Lipinski definition) is 2. The molecule has 0 spiro atoms. The van der Waals surface area contributed by atoms with Crippen molar-refractivity contribution in [1.29, 1.82) is 0 Å². The number of aromatic amines is 1. The number of aryl methyl sites for hydroxylation is 1. The summed E-state index contributed by atoms with van der Waals surface area (Å²) in [5.74, 6) is 0.323. The zero-order chi connectivity index (χ0) is 19.6. The molecule has 2 N–H and O–H groups in total. The average Bonchev–Trinajstić information content (AvgIpc) is 2.90. The molecule has 150 valence electrons. The van der Waals surface area contributed by atoms with Crippen molar-refractivity contribution in [2.45, 2.75) is 38.1 Å². The second kappa shape index (κ2) is 8.68. The van der Waals surface area contributed by atoms with E-state index in [1.54, 1.807) is 26.2 Å². The number of rotatable bonds is 6. The van der Waals surface area contributed by atoms with Crippen LogP contribution in [-0.4, -0.2) is 34.2 Å². The number of sulfonamides is 1. The lowest BCUT2D eigenvalue weighted by Gasteiger charge is -2.09. The Morgan fingerprint density at radius 2 is 1.96 bits per heavy atom. The summed E-state index contributed by atoms with van der Waals surface area (Å²) in [5.41, 5.74) is 2.05. The lowest BCUT2D eigenvalue weighted by Crippen LogP contribution is -2.30. The third kappa shape index (κ3) is 4.67. The van der Waals surface area contributed by atoms with E-state index < -0.39 is 10.0 Å². The van der Waals surface area contributed by atoms with Crippen LogP contribution in [0.2, 0.25) is 0 Å². The normalized spacial score (nSPS) is 11.4. The first-order valence-electron chi connectivity index (χ1n) is 8.46. The summed E-state index contributed by atoms with van der Waals surface area (Å²) in [6.45, 7) is 5.30. The van der Waals surface area contributed by atoms with Crippen LogP contribution in [0.4, 0.5) is 0 Å². The van der Waals surface area contributed by atoms with Gasteiger partial charge in [-0.15, -0.1) is 12.4 Å². The SMILES string of the molecule is Cc1[nH]n(-c2ccc(S(=O)(=O)NC(C)C)cn2)c(=O)c1Cc1cccnc1.Cl. The van der Waals surface area contributed by atoms with E-state index in [2.05, 4.69) is 19.8 Å². The van der Waals surface area contributed by atoms with Gasteiger partial charge in [-0.05, 0) is 44.5 Å². The summed E-state index contributed by atoms with van der Waals surface area (Å²) in [6, 6.07) is 6.43. The van der Waals surface area contributed by atoms with Gasteiger partial charge in [0.2, 0.25) is 10.0 Å². The second-order valence-corrected chi connectivity index (χ2v) is 8.24. The van der Waals surface area contributed by atoms with Gasteiger partial charge in [0.15, 0.2) is 5.82 Å². The maximum Gasteiger partial charge on any atom is 0.276 e. The Hall–Kier alpha value is -2.49. The van der Waals surface area contributed by atoms with Crippen LogP contribution >= 0.6 is 12.4 Å². The number of H-pyrrole nitrogens is 1. The van der Waals surface area contributed by atoms with Crippen molar-refractivity contribution < 1.29 is 8.42 Å². The van der Waals surface area contributed by atoms with Gasteiger partial charge in [0.25, 0.3) is 5.56 Å². The molecule has 10 heteroatoms. The minimum absolute atomic E-state index is 0. The van der Waals surface area contributed by atoms with Crippen LogP contribution < -0.4 is 10.3 Å². The fourth-order valence-electron chi connectivity index (χ4n) is 2.70. The molecule has 0 bridgehead atoms. The lowest BCUT2D eigenvalue weighted by atomic mass is 10.1. The molecular formula is C18H22ClN5O3S. The summed E-state index contributed by atoms with van der Waals surface area (Å²) in [5, 5.41) is 3.00. The van der Waals surface area contributed by atoms with Crippen molar-refractivity contribution >= 4 is 22.4 Å². The van der Waals surface area contributed by atoms with Gasteiger partial charge in [-0.2, -0.15) is 0 Å². The van der Waals surface area contributed by atoms with E-state index in [1.165, 1.54) is 23.0 Å². The Morgan fingerprint density at radius 3 is 2.54 bits per heavy atom. The Balaban J connectivity index is 0.00000280. The summed E-state index contributed by atoms with van der Waals surface area (Å²) >= 11 is 0. The van der Waals surface area contributed by atoms with Crippen molar-refractivity contribution in [2.75, 3.05) is 0 Å². The summed E-state index contributed by atoms with van der Waals surface area (Å²) in [6.07, 6.45) is 5.09. The number of aromatic nitrogens is 4. The van der Waals surface area contributed by atoms with E-state index >= 15 is 0 Å². The highest BCUT2D eigenvalue weighted by Crippen LogP contribution is 2.13. The molecule has 0 saturated carbocycles.